The maximum atomic E-state index is 12.4. The summed E-state index contributed by atoms with van der Waals surface area (Å²) in [7, 11) is 3.61. The molecule has 1 aliphatic rings. The number of halogens is 1. The Kier molecular flexibility index (Phi) is 6.21. The molecule has 1 fully saturated rings. The molecular weight excluding hydrogens is 332 g/mol. The smallest absolute Gasteiger partial charge is 0.176 e. The highest BCUT2D eigenvalue weighted by molar-refractivity contribution is 9.10. The van der Waals surface area contributed by atoms with Gasteiger partial charge in [0, 0.05) is 12.1 Å². The Hall–Kier alpha value is -0.910. The lowest BCUT2D eigenvalue weighted by Gasteiger charge is -2.32. The van der Waals surface area contributed by atoms with E-state index in [1.807, 2.05) is 25.2 Å². The van der Waals surface area contributed by atoms with Crippen LogP contribution in [0.15, 0.2) is 22.7 Å². The van der Waals surface area contributed by atoms with Crippen molar-refractivity contribution in [3.05, 3.63) is 28.2 Å². The van der Waals surface area contributed by atoms with Gasteiger partial charge in [0.25, 0.3) is 0 Å². The van der Waals surface area contributed by atoms with Crippen LogP contribution in [0.3, 0.4) is 0 Å². The minimum atomic E-state index is 0.170. The van der Waals surface area contributed by atoms with Gasteiger partial charge in [-0.3, -0.25) is 9.69 Å². The first-order valence-electron chi connectivity index (χ1n) is 7.37. The molecule has 1 aliphatic heterocycles. The molecule has 0 aromatic heterocycles. The van der Waals surface area contributed by atoms with E-state index in [2.05, 4.69) is 26.1 Å². The normalized spacial score (nSPS) is 19.5. The van der Waals surface area contributed by atoms with E-state index in [0.717, 1.165) is 35.4 Å². The van der Waals surface area contributed by atoms with Crippen LogP contribution < -0.4 is 10.1 Å². The van der Waals surface area contributed by atoms with Crippen molar-refractivity contribution in [1.82, 2.24) is 10.2 Å². The van der Waals surface area contributed by atoms with E-state index >= 15 is 0 Å². The van der Waals surface area contributed by atoms with Crippen molar-refractivity contribution < 1.29 is 9.53 Å². The molecule has 0 aliphatic carbocycles. The molecule has 1 aromatic rings. The van der Waals surface area contributed by atoms with Gasteiger partial charge in [-0.25, -0.2) is 0 Å². The maximum Gasteiger partial charge on any atom is 0.176 e. The number of ether oxygens (including phenoxy) is 1. The lowest BCUT2D eigenvalue weighted by Crippen LogP contribution is -2.41. The predicted octanol–water partition coefficient (Wildman–Crippen LogP) is 2.57. The van der Waals surface area contributed by atoms with Crippen molar-refractivity contribution in [3.63, 3.8) is 0 Å². The van der Waals surface area contributed by atoms with E-state index in [0.29, 0.717) is 12.5 Å². The van der Waals surface area contributed by atoms with Gasteiger partial charge in [-0.2, -0.15) is 0 Å². The fourth-order valence-electron chi connectivity index (χ4n) is 2.88. The highest BCUT2D eigenvalue weighted by Gasteiger charge is 2.21. The number of likely N-dealkylation sites (tertiary alicyclic amines) is 1. The standard InChI is InChI=1S/C16H23BrN2O2/c1-18-9-12-4-3-7-19(10-12)11-15(20)13-5-6-16(21-2)14(17)8-13/h5-6,8,12,18H,3-4,7,9-11H2,1-2H3. The Morgan fingerprint density at radius 2 is 2.33 bits per heavy atom. The summed E-state index contributed by atoms with van der Waals surface area (Å²) in [5.74, 6) is 1.57. The van der Waals surface area contributed by atoms with Gasteiger partial charge >= 0.3 is 0 Å². The van der Waals surface area contributed by atoms with Gasteiger partial charge in [0.1, 0.15) is 5.75 Å². The molecule has 1 heterocycles. The second kappa shape index (κ2) is 7.92. The summed E-state index contributed by atoms with van der Waals surface area (Å²) in [4.78, 5) is 14.7. The van der Waals surface area contributed by atoms with E-state index in [1.54, 1.807) is 7.11 Å². The van der Waals surface area contributed by atoms with Crippen LogP contribution in [-0.4, -0.2) is 51.0 Å². The zero-order chi connectivity index (χ0) is 15.2. The molecule has 5 heteroatoms. The van der Waals surface area contributed by atoms with E-state index in [4.69, 9.17) is 4.74 Å². The summed E-state index contributed by atoms with van der Waals surface area (Å²) in [6.07, 6.45) is 2.42. The number of carbonyl (C=O) groups excluding carboxylic acids is 1. The SMILES string of the molecule is CNCC1CCCN(CC(=O)c2ccc(OC)c(Br)c2)C1. The van der Waals surface area contributed by atoms with Gasteiger partial charge in [-0.05, 0) is 73.0 Å². The average molecular weight is 355 g/mol. The van der Waals surface area contributed by atoms with Crippen molar-refractivity contribution in [2.24, 2.45) is 5.92 Å². The molecule has 1 N–H and O–H groups in total. The number of benzene rings is 1. The van der Waals surface area contributed by atoms with Crippen LogP contribution in [0.5, 0.6) is 5.75 Å². The number of carbonyl (C=O) groups is 1. The minimum absolute atomic E-state index is 0.170. The Balaban J connectivity index is 1.96. The van der Waals surface area contributed by atoms with Gasteiger partial charge in [0.15, 0.2) is 5.78 Å². The third-order valence-corrected chi connectivity index (χ3v) is 4.56. The summed E-state index contributed by atoms with van der Waals surface area (Å²) in [6.45, 7) is 3.55. The Labute approximate surface area is 135 Å². The quantitative estimate of drug-likeness (QED) is 0.797. The molecule has 0 bridgehead atoms. The zero-order valence-electron chi connectivity index (χ0n) is 12.7. The number of nitrogens with zero attached hydrogens (tertiary/aromatic N) is 1. The van der Waals surface area contributed by atoms with Crippen molar-refractivity contribution in [1.29, 1.82) is 0 Å². The fraction of sp³-hybridized carbons (Fsp3) is 0.562. The second-order valence-electron chi connectivity index (χ2n) is 5.57. The molecule has 1 aromatic carbocycles. The zero-order valence-corrected chi connectivity index (χ0v) is 14.3. The van der Waals surface area contributed by atoms with Crippen LogP contribution >= 0.6 is 15.9 Å². The predicted molar refractivity (Wildman–Crippen MR) is 88.1 cm³/mol. The fourth-order valence-corrected chi connectivity index (χ4v) is 3.43. The number of nitrogens with one attached hydrogen (secondary N) is 1. The topological polar surface area (TPSA) is 41.6 Å². The van der Waals surface area contributed by atoms with Crippen LogP contribution in [0.4, 0.5) is 0 Å². The second-order valence-corrected chi connectivity index (χ2v) is 6.43. The number of piperidine rings is 1. The minimum Gasteiger partial charge on any atom is -0.496 e. The van der Waals surface area contributed by atoms with Gasteiger partial charge in [0.2, 0.25) is 0 Å². The number of ketones is 1. The van der Waals surface area contributed by atoms with Gasteiger partial charge in [-0.15, -0.1) is 0 Å². The van der Waals surface area contributed by atoms with Crippen LogP contribution in [0.25, 0.3) is 0 Å². The number of hydrogen-bond acceptors (Lipinski definition) is 4. The Morgan fingerprint density at radius 1 is 1.52 bits per heavy atom. The molecule has 0 saturated carbocycles. The van der Waals surface area contributed by atoms with Gasteiger partial charge in [0.05, 0.1) is 18.1 Å². The molecule has 116 valence electrons. The van der Waals surface area contributed by atoms with Crippen LogP contribution in [0, 0.1) is 5.92 Å². The summed E-state index contributed by atoms with van der Waals surface area (Å²) in [5, 5.41) is 3.23. The first-order chi connectivity index (χ1) is 10.1. The van der Waals surface area contributed by atoms with E-state index in [-0.39, 0.29) is 5.78 Å². The molecule has 0 radical (unpaired) electrons. The van der Waals surface area contributed by atoms with Crippen LogP contribution in [-0.2, 0) is 0 Å². The van der Waals surface area contributed by atoms with E-state index < -0.39 is 0 Å². The number of rotatable bonds is 6. The lowest BCUT2D eigenvalue weighted by atomic mass is 9.97. The van der Waals surface area contributed by atoms with Crippen molar-refractivity contribution in [3.8, 4) is 5.75 Å². The maximum absolute atomic E-state index is 12.4. The molecule has 4 nitrogen and oxygen atoms in total. The monoisotopic (exact) mass is 354 g/mol. The molecular formula is C16H23BrN2O2. The van der Waals surface area contributed by atoms with Crippen molar-refractivity contribution in [2.75, 3.05) is 40.3 Å². The first kappa shape index (κ1) is 16.5. The summed E-state index contributed by atoms with van der Waals surface area (Å²) >= 11 is 3.43. The third kappa shape index (κ3) is 4.53. The molecule has 21 heavy (non-hydrogen) atoms. The number of hydrogen-bond donors (Lipinski definition) is 1. The highest BCUT2D eigenvalue weighted by atomic mass is 79.9. The van der Waals surface area contributed by atoms with E-state index in [9.17, 15) is 4.79 Å². The highest BCUT2D eigenvalue weighted by Crippen LogP contribution is 2.26. The Morgan fingerprint density at radius 3 is 3.00 bits per heavy atom. The molecule has 1 saturated heterocycles. The molecule has 1 unspecified atom stereocenters. The third-order valence-electron chi connectivity index (χ3n) is 3.94. The lowest BCUT2D eigenvalue weighted by molar-refractivity contribution is 0.0886. The summed E-state index contributed by atoms with van der Waals surface area (Å²) in [5.41, 5.74) is 0.735. The average Bonchev–Trinajstić information content (AvgIpc) is 2.48. The number of methoxy groups -OCH3 is 1. The molecule has 0 spiro atoms. The molecule has 1 atom stereocenters. The van der Waals surface area contributed by atoms with Gasteiger partial charge < -0.3 is 10.1 Å². The summed E-state index contributed by atoms with van der Waals surface area (Å²) < 4.78 is 6.02. The van der Waals surface area contributed by atoms with Crippen LogP contribution in [0.2, 0.25) is 0 Å². The summed E-state index contributed by atoms with van der Waals surface area (Å²) in [6, 6.07) is 5.51. The van der Waals surface area contributed by atoms with Crippen molar-refractivity contribution >= 4 is 21.7 Å². The molecule has 0 amide bonds. The largest absolute Gasteiger partial charge is 0.496 e. The number of Topliss-reactive ketones (excluding diaryl/α,β-unsaturated/α-hetero) is 1. The van der Waals surface area contributed by atoms with Gasteiger partial charge in [-0.1, -0.05) is 0 Å². The Bertz CT molecular complexity index is 491. The first-order valence-corrected chi connectivity index (χ1v) is 8.17. The molecule has 2 rings (SSSR count). The van der Waals surface area contributed by atoms with Crippen molar-refractivity contribution in [2.45, 2.75) is 12.8 Å². The van der Waals surface area contributed by atoms with E-state index in [1.165, 1.54) is 12.8 Å². The van der Waals surface area contributed by atoms with Crippen LogP contribution in [0.1, 0.15) is 23.2 Å².